The van der Waals surface area contributed by atoms with Crippen molar-refractivity contribution in [3.63, 3.8) is 0 Å². The SMILES string of the molecule is CCCc1cc(=O)oc2c(C)c(OCC3CCC(=O)N(C)C3)ccc12. The molecule has 2 aromatic rings. The number of aryl methyl sites for hydroxylation is 2. The van der Waals surface area contributed by atoms with E-state index in [0.717, 1.165) is 48.1 Å². The van der Waals surface area contributed by atoms with E-state index in [0.29, 0.717) is 24.5 Å². The second-order valence-electron chi connectivity index (χ2n) is 6.90. The molecule has 0 saturated carbocycles. The van der Waals surface area contributed by atoms with Crippen LogP contribution in [0, 0.1) is 12.8 Å². The van der Waals surface area contributed by atoms with Crippen LogP contribution < -0.4 is 10.4 Å². The van der Waals surface area contributed by atoms with Crippen LogP contribution in [0.25, 0.3) is 11.0 Å². The van der Waals surface area contributed by atoms with E-state index in [1.165, 1.54) is 0 Å². The Morgan fingerprint density at radius 3 is 2.84 bits per heavy atom. The Morgan fingerprint density at radius 1 is 1.32 bits per heavy atom. The van der Waals surface area contributed by atoms with Crippen LogP contribution >= 0.6 is 0 Å². The number of fused-ring (bicyclic) bond motifs is 1. The number of nitrogens with zero attached hydrogens (tertiary/aromatic N) is 1. The van der Waals surface area contributed by atoms with Gasteiger partial charge in [0.2, 0.25) is 5.91 Å². The monoisotopic (exact) mass is 343 g/mol. The van der Waals surface area contributed by atoms with Gasteiger partial charge in [-0.1, -0.05) is 13.3 Å². The standard InChI is InChI=1S/C20H25NO4/c1-4-5-15-10-19(23)25-20-13(2)17(8-7-16(15)20)24-12-14-6-9-18(22)21(3)11-14/h7-8,10,14H,4-6,9,11-12H2,1-3H3. The van der Waals surface area contributed by atoms with E-state index in [-0.39, 0.29) is 11.5 Å². The minimum Gasteiger partial charge on any atom is -0.493 e. The number of hydrogen-bond donors (Lipinski definition) is 0. The first-order valence-corrected chi connectivity index (χ1v) is 8.92. The van der Waals surface area contributed by atoms with E-state index in [2.05, 4.69) is 6.92 Å². The predicted octanol–water partition coefficient (Wildman–Crippen LogP) is 3.30. The summed E-state index contributed by atoms with van der Waals surface area (Å²) in [6, 6.07) is 5.51. The number of hydrogen-bond acceptors (Lipinski definition) is 4. The van der Waals surface area contributed by atoms with Crippen molar-refractivity contribution in [2.45, 2.75) is 39.5 Å². The Labute approximate surface area is 147 Å². The van der Waals surface area contributed by atoms with Crippen LogP contribution in [0.4, 0.5) is 0 Å². The molecule has 1 amide bonds. The van der Waals surface area contributed by atoms with Crippen LogP contribution in [0.15, 0.2) is 27.4 Å². The molecule has 0 aliphatic carbocycles. The summed E-state index contributed by atoms with van der Waals surface area (Å²) in [7, 11) is 1.83. The van der Waals surface area contributed by atoms with Crippen LogP contribution in [-0.4, -0.2) is 31.0 Å². The van der Waals surface area contributed by atoms with Gasteiger partial charge in [0.05, 0.1) is 6.61 Å². The molecule has 0 N–H and O–H groups in total. The van der Waals surface area contributed by atoms with Crippen molar-refractivity contribution >= 4 is 16.9 Å². The molecule has 3 rings (SSSR count). The largest absolute Gasteiger partial charge is 0.493 e. The number of likely N-dealkylation sites (tertiary alicyclic amines) is 1. The second kappa shape index (κ2) is 7.30. The molecule has 134 valence electrons. The Hall–Kier alpha value is -2.30. The van der Waals surface area contributed by atoms with E-state index in [9.17, 15) is 9.59 Å². The number of amides is 1. The molecule has 1 aromatic heterocycles. The van der Waals surface area contributed by atoms with Gasteiger partial charge in [-0.3, -0.25) is 4.79 Å². The minimum atomic E-state index is -0.316. The van der Waals surface area contributed by atoms with Crippen LogP contribution in [0.5, 0.6) is 5.75 Å². The fourth-order valence-electron chi connectivity index (χ4n) is 3.48. The summed E-state index contributed by atoms with van der Waals surface area (Å²) >= 11 is 0. The van der Waals surface area contributed by atoms with Gasteiger partial charge >= 0.3 is 5.63 Å². The van der Waals surface area contributed by atoms with Gasteiger partial charge in [0, 0.05) is 42.9 Å². The molecule has 5 nitrogen and oxygen atoms in total. The van der Waals surface area contributed by atoms with Crippen LogP contribution in [0.1, 0.15) is 37.3 Å². The van der Waals surface area contributed by atoms with Gasteiger partial charge < -0.3 is 14.1 Å². The zero-order valence-electron chi connectivity index (χ0n) is 15.1. The molecule has 25 heavy (non-hydrogen) atoms. The van der Waals surface area contributed by atoms with Gasteiger partial charge in [-0.05, 0) is 37.5 Å². The molecule has 1 fully saturated rings. The molecule has 1 aliphatic heterocycles. The quantitative estimate of drug-likeness (QED) is 0.782. The van der Waals surface area contributed by atoms with Crippen LogP contribution in [-0.2, 0) is 11.2 Å². The second-order valence-corrected chi connectivity index (χ2v) is 6.90. The summed E-state index contributed by atoms with van der Waals surface area (Å²) in [5.41, 5.74) is 2.18. The molecule has 1 saturated heterocycles. The molecule has 1 atom stereocenters. The van der Waals surface area contributed by atoms with Crippen LogP contribution in [0.2, 0.25) is 0 Å². The first-order valence-electron chi connectivity index (χ1n) is 8.92. The van der Waals surface area contributed by atoms with E-state index in [1.54, 1.807) is 11.0 Å². The molecule has 0 bridgehead atoms. The Morgan fingerprint density at radius 2 is 2.12 bits per heavy atom. The third-order valence-corrected chi connectivity index (χ3v) is 4.92. The fourth-order valence-corrected chi connectivity index (χ4v) is 3.48. The highest BCUT2D eigenvalue weighted by molar-refractivity contribution is 5.85. The smallest absolute Gasteiger partial charge is 0.336 e. The summed E-state index contributed by atoms with van der Waals surface area (Å²) < 4.78 is 11.5. The lowest BCUT2D eigenvalue weighted by molar-refractivity contribution is -0.133. The number of benzene rings is 1. The van der Waals surface area contributed by atoms with Crippen molar-refractivity contribution in [1.29, 1.82) is 0 Å². The lowest BCUT2D eigenvalue weighted by Gasteiger charge is -2.29. The maximum absolute atomic E-state index is 11.9. The molecule has 2 heterocycles. The van der Waals surface area contributed by atoms with E-state index in [4.69, 9.17) is 9.15 Å². The zero-order valence-corrected chi connectivity index (χ0v) is 15.1. The minimum absolute atomic E-state index is 0.198. The average Bonchev–Trinajstić information content (AvgIpc) is 2.58. The molecule has 5 heteroatoms. The number of ether oxygens (including phenoxy) is 1. The lowest BCUT2D eigenvalue weighted by atomic mass is 9.99. The van der Waals surface area contributed by atoms with Crippen molar-refractivity contribution in [3.8, 4) is 5.75 Å². The number of carbonyl (C=O) groups excluding carboxylic acids is 1. The zero-order chi connectivity index (χ0) is 18.0. The normalized spacial score (nSPS) is 18.0. The fraction of sp³-hybridized carbons (Fsp3) is 0.500. The number of piperidine rings is 1. The topological polar surface area (TPSA) is 59.8 Å². The Bertz CT molecular complexity index is 839. The van der Waals surface area contributed by atoms with E-state index >= 15 is 0 Å². The van der Waals surface area contributed by atoms with Crippen molar-refractivity contribution in [3.05, 3.63) is 39.7 Å². The summed E-state index contributed by atoms with van der Waals surface area (Å²) in [6.45, 7) is 5.30. The highest BCUT2D eigenvalue weighted by Gasteiger charge is 2.23. The summed E-state index contributed by atoms with van der Waals surface area (Å²) in [6.07, 6.45) is 3.26. The van der Waals surface area contributed by atoms with Gasteiger partial charge in [-0.2, -0.15) is 0 Å². The van der Waals surface area contributed by atoms with Gasteiger partial charge in [-0.25, -0.2) is 4.79 Å². The maximum atomic E-state index is 11.9. The first kappa shape index (κ1) is 17.5. The summed E-state index contributed by atoms with van der Waals surface area (Å²) in [4.78, 5) is 25.2. The Kier molecular flexibility index (Phi) is 5.11. The van der Waals surface area contributed by atoms with Gasteiger partial charge in [0.15, 0.2) is 0 Å². The lowest BCUT2D eigenvalue weighted by Crippen LogP contribution is -2.38. The van der Waals surface area contributed by atoms with Crippen molar-refractivity contribution in [2.24, 2.45) is 5.92 Å². The van der Waals surface area contributed by atoms with Gasteiger partial charge in [-0.15, -0.1) is 0 Å². The summed E-state index contributed by atoms with van der Waals surface area (Å²) in [5, 5.41) is 0.981. The predicted molar refractivity (Wildman–Crippen MR) is 97.1 cm³/mol. The average molecular weight is 343 g/mol. The van der Waals surface area contributed by atoms with E-state index < -0.39 is 0 Å². The van der Waals surface area contributed by atoms with Gasteiger partial charge in [0.25, 0.3) is 0 Å². The van der Waals surface area contributed by atoms with Crippen molar-refractivity contribution < 1.29 is 13.9 Å². The van der Waals surface area contributed by atoms with Gasteiger partial charge in [0.1, 0.15) is 11.3 Å². The summed E-state index contributed by atoms with van der Waals surface area (Å²) in [5.74, 6) is 1.27. The number of rotatable bonds is 5. The molecular weight excluding hydrogens is 318 g/mol. The molecule has 1 unspecified atom stereocenters. The maximum Gasteiger partial charge on any atom is 0.336 e. The third-order valence-electron chi connectivity index (χ3n) is 4.92. The highest BCUT2D eigenvalue weighted by atomic mass is 16.5. The third kappa shape index (κ3) is 3.70. The van der Waals surface area contributed by atoms with E-state index in [1.807, 2.05) is 26.1 Å². The van der Waals surface area contributed by atoms with Crippen LogP contribution in [0.3, 0.4) is 0 Å². The Balaban J connectivity index is 1.82. The molecule has 0 radical (unpaired) electrons. The number of carbonyl (C=O) groups is 1. The van der Waals surface area contributed by atoms with Crippen molar-refractivity contribution in [2.75, 3.05) is 20.2 Å². The van der Waals surface area contributed by atoms with Crippen molar-refractivity contribution in [1.82, 2.24) is 4.90 Å². The highest BCUT2D eigenvalue weighted by Crippen LogP contribution is 2.29. The first-order chi connectivity index (χ1) is 12.0. The molecule has 1 aliphatic rings. The molecular formula is C20H25NO4. The molecule has 0 spiro atoms. The molecule has 1 aromatic carbocycles.